The van der Waals surface area contributed by atoms with E-state index in [2.05, 4.69) is 15.5 Å². The molecule has 0 spiro atoms. The first-order chi connectivity index (χ1) is 11.6. The fourth-order valence-electron chi connectivity index (χ4n) is 2.37. The number of hydrogen-bond acceptors (Lipinski definition) is 3. The lowest BCUT2D eigenvalue weighted by Crippen LogP contribution is -2.16. The molecule has 1 heterocycles. The van der Waals surface area contributed by atoms with Crippen LogP contribution in [0.3, 0.4) is 0 Å². The summed E-state index contributed by atoms with van der Waals surface area (Å²) in [6, 6.07) is 11.6. The first-order valence-corrected chi connectivity index (χ1v) is 7.60. The van der Waals surface area contributed by atoms with Crippen molar-refractivity contribution in [2.45, 2.75) is 6.42 Å². The molecule has 5 nitrogen and oxygen atoms in total. The van der Waals surface area contributed by atoms with Crippen LogP contribution in [0.25, 0.3) is 11.4 Å². The minimum Gasteiger partial charge on any atom is -0.325 e. The monoisotopic (exact) mass is 344 g/mol. The molecule has 0 aliphatic heterocycles. The van der Waals surface area contributed by atoms with Crippen molar-refractivity contribution in [1.29, 1.82) is 0 Å². The Morgan fingerprint density at radius 2 is 2.04 bits per heavy atom. The summed E-state index contributed by atoms with van der Waals surface area (Å²) in [5.74, 6) is -0.245. The Morgan fingerprint density at radius 1 is 1.25 bits per heavy atom. The number of aryl methyl sites for hydroxylation is 1. The molecule has 0 radical (unpaired) electrons. The molecule has 3 aromatic rings. The van der Waals surface area contributed by atoms with Gasteiger partial charge in [0.25, 0.3) is 0 Å². The largest absolute Gasteiger partial charge is 0.325 e. The average molecular weight is 345 g/mol. The fraction of sp³-hybridized carbons (Fsp3) is 0.118. The van der Waals surface area contributed by atoms with Gasteiger partial charge in [0.05, 0.1) is 12.1 Å². The van der Waals surface area contributed by atoms with E-state index < -0.39 is 5.82 Å². The summed E-state index contributed by atoms with van der Waals surface area (Å²) in [4.78, 5) is 12.3. The number of aromatic nitrogens is 3. The Morgan fingerprint density at radius 3 is 2.75 bits per heavy atom. The van der Waals surface area contributed by atoms with Gasteiger partial charge in [0.1, 0.15) is 12.1 Å². The van der Waals surface area contributed by atoms with E-state index in [4.69, 9.17) is 11.6 Å². The van der Waals surface area contributed by atoms with Crippen LogP contribution in [0.2, 0.25) is 5.02 Å². The minimum atomic E-state index is -0.501. The lowest BCUT2D eigenvalue weighted by Gasteiger charge is -2.11. The van der Waals surface area contributed by atoms with Gasteiger partial charge < -0.3 is 9.88 Å². The number of carbonyl (C=O) groups is 1. The van der Waals surface area contributed by atoms with E-state index in [-0.39, 0.29) is 22.9 Å². The maximum Gasteiger partial charge on any atom is 0.228 e. The average Bonchev–Trinajstić information content (AvgIpc) is 2.98. The molecular weight excluding hydrogens is 331 g/mol. The van der Waals surface area contributed by atoms with Crippen molar-refractivity contribution >= 4 is 23.2 Å². The molecule has 0 aliphatic rings. The molecule has 0 saturated heterocycles. The van der Waals surface area contributed by atoms with Gasteiger partial charge in [-0.05, 0) is 24.3 Å². The Labute approximate surface area is 143 Å². The van der Waals surface area contributed by atoms with Crippen molar-refractivity contribution < 1.29 is 9.18 Å². The van der Waals surface area contributed by atoms with E-state index in [9.17, 15) is 9.18 Å². The van der Waals surface area contributed by atoms with Crippen molar-refractivity contribution in [2.75, 3.05) is 5.32 Å². The van der Waals surface area contributed by atoms with E-state index in [0.29, 0.717) is 11.5 Å². The number of carbonyl (C=O) groups excluding carboxylic acids is 1. The van der Waals surface area contributed by atoms with Crippen LogP contribution in [0.4, 0.5) is 10.1 Å². The van der Waals surface area contributed by atoms with E-state index >= 15 is 0 Å². The number of amides is 1. The predicted molar refractivity (Wildman–Crippen MR) is 90.2 cm³/mol. The van der Waals surface area contributed by atoms with Crippen LogP contribution in [0.15, 0.2) is 48.8 Å². The topological polar surface area (TPSA) is 59.8 Å². The van der Waals surface area contributed by atoms with Crippen LogP contribution >= 0.6 is 11.6 Å². The molecule has 1 aromatic heterocycles. The third-order valence-electron chi connectivity index (χ3n) is 3.55. The van der Waals surface area contributed by atoms with Gasteiger partial charge in [0.2, 0.25) is 5.91 Å². The van der Waals surface area contributed by atoms with Gasteiger partial charge in [-0.15, -0.1) is 10.2 Å². The molecule has 1 amide bonds. The summed E-state index contributed by atoms with van der Waals surface area (Å²) >= 11 is 5.97. The maximum atomic E-state index is 13.8. The molecule has 0 fully saturated rings. The lowest BCUT2D eigenvalue weighted by molar-refractivity contribution is -0.115. The van der Waals surface area contributed by atoms with E-state index in [1.54, 1.807) is 29.1 Å². The normalized spacial score (nSPS) is 10.6. The van der Waals surface area contributed by atoms with Gasteiger partial charge in [-0.2, -0.15) is 0 Å². The number of hydrogen-bond donors (Lipinski definition) is 1. The highest BCUT2D eigenvalue weighted by Crippen LogP contribution is 2.26. The molecule has 2 aromatic carbocycles. The highest BCUT2D eigenvalue weighted by Gasteiger charge is 2.15. The maximum absolute atomic E-state index is 13.8. The second-order valence-electron chi connectivity index (χ2n) is 5.24. The van der Waals surface area contributed by atoms with Crippen LogP contribution in [0.1, 0.15) is 5.56 Å². The van der Waals surface area contributed by atoms with Crippen LogP contribution in [-0.2, 0) is 18.3 Å². The number of rotatable bonds is 4. The molecule has 7 heteroatoms. The quantitative estimate of drug-likeness (QED) is 0.788. The summed E-state index contributed by atoms with van der Waals surface area (Å²) in [7, 11) is 1.81. The number of benzene rings is 2. The molecule has 0 aliphatic carbocycles. The Bertz CT molecular complexity index is 874. The van der Waals surface area contributed by atoms with Gasteiger partial charge in [0, 0.05) is 23.2 Å². The SMILES string of the molecule is Cn1cnnc1-c1ccccc1NC(=O)Cc1c(F)cccc1Cl. The summed E-state index contributed by atoms with van der Waals surface area (Å²) in [5, 5.41) is 10.9. The second-order valence-corrected chi connectivity index (χ2v) is 5.64. The number of para-hydroxylation sites is 1. The molecule has 1 N–H and O–H groups in total. The number of anilines is 1. The summed E-state index contributed by atoms with van der Waals surface area (Å²) < 4.78 is 15.6. The molecule has 0 bridgehead atoms. The predicted octanol–water partition coefficient (Wildman–Crippen LogP) is 3.46. The van der Waals surface area contributed by atoms with Gasteiger partial charge in [0.15, 0.2) is 5.82 Å². The van der Waals surface area contributed by atoms with E-state index in [1.165, 1.54) is 12.1 Å². The third-order valence-corrected chi connectivity index (χ3v) is 3.91. The van der Waals surface area contributed by atoms with Crippen LogP contribution < -0.4 is 5.32 Å². The molecule has 122 valence electrons. The zero-order valence-electron chi connectivity index (χ0n) is 12.8. The van der Waals surface area contributed by atoms with Crippen molar-refractivity contribution in [3.05, 3.63) is 65.2 Å². The van der Waals surface area contributed by atoms with Gasteiger partial charge in [-0.25, -0.2) is 4.39 Å². The molecule has 3 rings (SSSR count). The highest BCUT2D eigenvalue weighted by molar-refractivity contribution is 6.31. The van der Waals surface area contributed by atoms with E-state index in [1.807, 2.05) is 19.2 Å². The second kappa shape index (κ2) is 6.80. The first-order valence-electron chi connectivity index (χ1n) is 7.22. The summed E-state index contributed by atoms with van der Waals surface area (Å²) in [5.41, 5.74) is 1.48. The number of nitrogens with zero attached hydrogens (tertiary/aromatic N) is 3. The van der Waals surface area contributed by atoms with Gasteiger partial charge >= 0.3 is 0 Å². The number of halogens is 2. The standard InChI is InChI=1S/C17H14ClFN4O/c1-23-10-20-22-17(23)11-5-2-3-8-15(11)21-16(24)9-12-13(18)6-4-7-14(12)19/h2-8,10H,9H2,1H3,(H,21,24). The summed E-state index contributed by atoms with van der Waals surface area (Å²) in [6.45, 7) is 0. The number of nitrogens with one attached hydrogen (secondary N) is 1. The summed E-state index contributed by atoms with van der Waals surface area (Å²) in [6.07, 6.45) is 1.42. The molecule has 0 unspecified atom stereocenters. The fourth-order valence-corrected chi connectivity index (χ4v) is 2.60. The zero-order chi connectivity index (χ0) is 17.1. The molecule has 24 heavy (non-hydrogen) atoms. The zero-order valence-corrected chi connectivity index (χ0v) is 13.6. The Hall–Kier alpha value is -2.73. The van der Waals surface area contributed by atoms with Crippen molar-refractivity contribution in [3.8, 4) is 11.4 Å². The Balaban J connectivity index is 1.85. The Kier molecular flexibility index (Phi) is 4.57. The van der Waals surface area contributed by atoms with Crippen molar-refractivity contribution in [2.24, 2.45) is 7.05 Å². The minimum absolute atomic E-state index is 0.154. The van der Waals surface area contributed by atoms with Crippen LogP contribution in [0, 0.1) is 5.82 Å². The molecule has 0 atom stereocenters. The smallest absolute Gasteiger partial charge is 0.228 e. The van der Waals surface area contributed by atoms with Gasteiger partial charge in [-0.1, -0.05) is 29.8 Å². The van der Waals surface area contributed by atoms with Crippen molar-refractivity contribution in [1.82, 2.24) is 14.8 Å². The third kappa shape index (κ3) is 3.28. The molecular formula is C17H14ClFN4O. The first kappa shape index (κ1) is 16.1. The molecule has 0 saturated carbocycles. The van der Waals surface area contributed by atoms with Crippen molar-refractivity contribution in [3.63, 3.8) is 0 Å². The van der Waals surface area contributed by atoms with Crippen LogP contribution in [0.5, 0.6) is 0 Å². The van der Waals surface area contributed by atoms with E-state index in [0.717, 1.165) is 5.56 Å². The van der Waals surface area contributed by atoms with Gasteiger partial charge in [-0.3, -0.25) is 4.79 Å². The lowest BCUT2D eigenvalue weighted by atomic mass is 10.1. The highest BCUT2D eigenvalue weighted by atomic mass is 35.5. The van der Waals surface area contributed by atoms with Crippen LogP contribution in [-0.4, -0.2) is 20.7 Å².